The van der Waals surface area contributed by atoms with Gasteiger partial charge >= 0.3 is 0 Å². The lowest BCUT2D eigenvalue weighted by atomic mass is 10.1. The summed E-state index contributed by atoms with van der Waals surface area (Å²) >= 11 is 0. The lowest BCUT2D eigenvalue weighted by Crippen LogP contribution is -2.26. The van der Waals surface area contributed by atoms with Crippen molar-refractivity contribution in [2.24, 2.45) is 0 Å². The molecule has 0 spiro atoms. The van der Waals surface area contributed by atoms with Crippen molar-refractivity contribution in [3.63, 3.8) is 0 Å². The number of nitrogens with zero attached hydrogens (tertiary/aromatic N) is 2. The number of amides is 2. The van der Waals surface area contributed by atoms with Gasteiger partial charge in [-0.25, -0.2) is 0 Å². The van der Waals surface area contributed by atoms with Crippen molar-refractivity contribution in [2.45, 2.75) is 20.0 Å². The maximum Gasteiger partial charge on any atom is 0.253 e. The van der Waals surface area contributed by atoms with Crippen molar-refractivity contribution < 1.29 is 9.59 Å². The molecule has 0 atom stereocenters. The summed E-state index contributed by atoms with van der Waals surface area (Å²) in [5, 5.41) is 2.74. The normalized spacial score (nSPS) is 10.2. The molecule has 0 bridgehead atoms. The molecule has 0 heterocycles. The second-order valence-electron chi connectivity index (χ2n) is 6.33. The van der Waals surface area contributed by atoms with E-state index in [1.807, 2.05) is 55.4 Å². The van der Waals surface area contributed by atoms with E-state index in [9.17, 15) is 9.59 Å². The van der Waals surface area contributed by atoms with Crippen molar-refractivity contribution in [3.8, 4) is 0 Å². The molecule has 0 aromatic heterocycles. The molecule has 0 aliphatic rings. The van der Waals surface area contributed by atoms with E-state index < -0.39 is 0 Å². The zero-order valence-corrected chi connectivity index (χ0v) is 15.2. The molecule has 2 rings (SSSR count). The van der Waals surface area contributed by atoms with E-state index in [4.69, 9.17) is 0 Å². The molecule has 132 valence electrons. The summed E-state index contributed by atoms with van der Waals surface area (Å²) in [4.78, 5) is 27.2. The molecule has 0 unspecified atom stereocenters. The van der Waals surface area contributed by atoms with Crippen LogP contribution in [0.4, 0.5) is 5.69 Å². The second-order valence-corrected chi connectivity index (χ2v) is 6.33. The van der Waals surface area contributed by atoms with Crippen molar-refractivity contribution in [1.29, 1.82) is 0 Å². The van der Waals surface area contributed by atoms with E-state index in [-0.39, 0.29) is 11.8 Å². The van der Waals surface area contributed by atoms with Crippen LogP contribution >= 0.6 is 0 Å². The number of benzene rings is 2. The number of nitrogens with one attached hydrogen (secondary N) is 1. The third-order valence-corrected chi connectivity index (χ3v) is 3.96. The predicted molar refractivity (Wildman–Crippen MR) is 101 cm³/mol. The van der Waals surface area contributed by atoms with Crippen molar-refractivity contribution in [1.82, 2.24) is 10.2 Å². The van der Waals surface area contributed by atoms with E-state index in [2.05, 4.69) is 5.32 Å². The van der Waals surface area contributed by atoms with Crippen molar-refractivity contribution in [2.75, 3.05) is 26.0 Å². The number of rotatable bonds is 6. The highest BCUT2D eigenvalue weighted by molar-refractivity contribution is 5.94. The lowest BCUT2D eigenvalue weighted by Gasteiger charge is -2.19. The van der Waals surface area contributed by atoms with Crippen LogP contribution < -0.4 is 10.2 Å². The Bertz CT molecular complexity index is 722. The topological polar surface area (TPSA) is 52.7 Å². The fraction of sp³-hybridized carbons (Fsp3) is 0.300. The van der Waals surface area contributed by atoms with Crippen LogP contribution in [-0.2, 0) is 17.9 Å². The van der Waals surface area contributed by atoms with Gasteiger partial charge in [-0.1, -0.05) is 24.3 Å². The van der Waals surface area contributed by atoms with Crippen LogP contribution in [0.5, 0.6) is 0 Å². The number of carbonyl (C=O) groups excluding carboxylic acids is 2. The summed E-state index contributed by atoms with van der Waals surface area (Å²) in [6, 6.07) is 15.5. The van der Waals surface area contributed by atoms with E-state index >= 15 is 0 Å². The third-order valence-electron chi connectivity index (χ3n) is 3.96. The van der Waals surface area contributed by atoms with Gasteiger partial charge in [0.25, 0.3) is 5.91 Å². The van der Waals surface area contributed by atoms with Crippen LogP contribution in [0, 0.1) is 0 Å². The Balaban J connectivity index is 1.98. The minimum Gasteiger partial charge on any atom is -0.378 e. The van der Waals surface area contributed by atoms with Gasteiger partial charge in [-0.3, -0.25) is 9.59 Å². The van der Waals surface area contributed by atoms with Gasteiger partial charge < -0.3 is 15.1 Å². The Kier molecular flexibility index (Phi) is 6.17. The van der Waals surface area contributed by atoms with Gasteiger partial charge in [0.1, 0.15) is 0 Å². The Morgan fingerprint density at radius 1 is 0.880 bits per heavy atom. The zero-order valence-electron chi connectivity index (χ0n) is 15.2. The summed E-state index contributed by atoms with van der Waals surface area (Å²) in [5.41, 5.74) is 3.82. The van der Waals surface area contributed by atoms with Gasteiger partial charge in [0.05, 0.1) is 0 Å². The van der Waals surface area contributed by atoms with Crippen LogP contribution in [0.3, 0.4) is 0 Å². The smallest absolute Gasteiger partial charge is 0.253 e. The molecule has 0 saturated carbocycles. The monoisotopic (exact) mass is 339 g/mol. The SMILES string of the molecule is CC(=O)NCc1ccc(C(=O)N(C)Cc2ccc(N(C)C)cc2)cc1. The summed E-state index contributed by atoms with van der Waals surface area (Å²) in [5.74, 6) is -0.0945. The quantitative estimate of drug-likeness (QED) is 0.880. The van der Waals surface area contributed by atoms with Gasteiger partial charge in [0.15, 0.2) is 0 Å². The van der Waals surface area contributed by atoms with Crippen LogP contribution in [0.2, 0.25) is 0 Å². The zero-order chi connectivity index (χ0) is 18.4. The standard InChI is InChI=1S/C20H25N3O2/c1-15(24)21-13-16-5-9-18(10-6-16)20(25)23(4)14-17-7-11-19(12-8-17)22(2)3/h5-12H,13-14H2,1-4H3,(H,21,24). The summed E-state index contributed by atoms with van der Waals surface area (Å²) in [6.45, 7) is 2.51. The first-order valence-corrected chi connectivity index (χ1v) is 8.22. The Hall–Kier alpha value is -2.82. The van der Waals surface area contributed by atoms with Crippen molar-refractivity contribution >= 4 is 17.5 Å². The number of anilines is 1. The van der Waals surface area contributed by atoms with Gasteiger partial charge in [-0.15, -0.1) is 0 Å². The molecule has 2 aromatic carbocycles. The third kappa shape index (κ3) is 5.35. The van der Waals surface area contributed by atoms with Gasteiger partial charge in [0, 0.05) is 52.4 Å². The molecule has 0 saturated heterocycles. The number of hydrogen-bond donors (Lipinski definition) is 1. The fourth-order valence-electron chi connectivity index (χ4n) is 2.46. The molecule has 0 radical (unpaired) electrons. The molecule has 2 aromatic rings. The highest BCUT2D eigenvalue weighted by Gasteiger charge is 2.12. The van der Waals surface area contributed by atoms with E-state index in [1.54, 1.807) is 24.1 Å². The largest absolute Gasteiger partial charge is 0.378 e. The van der Waals surface area contributed by atoms with E-state index in [0.29, 0.717) is 18.7 Å². The maximum atomic E-state index is 12.5. The second kappa shape index (κ2) is 8.33. The molecular weight excluding hydrogens is 314 g/mol. The molecular formula is C20H25N3O2. The predicted octanol–water partition coefficient (Wildman–Crippen LogP) is 2.66. The molecule has 5 nitrogen and oxygen atoms in total. The molecule has 25 heavy (non-hydrogen) atoms. The number of carbonyl (C=O) groups is 2. The van der Waals surface area contributed by atoms with Gasteiger partial charge in [0.2, 0.25) is 5.91 Å². The van der Waals surface area contributed by atoms with Crippen LogP contribution in [0.1, 0.15) is 28.4 Å². The molecule has 2 amide bonds. The molecule has 0 fully saturated rings. The van der Waals surface area contributed by atoms with Gasteiger partial charge in [-0.05, 0) is 35.4 Å². The van der Waals surface area contributed by atoms with Crippen LogP contribution in [0.25, 0.3) is 0 Å². The fourth-order valence-corrected chi connectivity index (χ4v) is 2.46. The maximum absolute atomic E-state index is 12.5. The Morgan fingerprint density at radius 3 is 1.96 bits per heavy atom. The first-order valence-electron chi connectivity index (χ1n) is 8.22. The van der Waals surface area contributed by atoms with Crippen LogP contribution in [-0.4, -0.2) is 37.9 Å². The summed E-state index contributed by atoms with van der Waals surface area (Å²) in [7, 11) is 5.80. The lowest BCUT2D eigenvalue weighted by molar-refractivity contribution is -0.119. The minimum absolute atomic E-state index is 0.0252. The average Bonchev–Trinajstić information content (AvgIpc) is 2.60. The molecule has 0 aliphatic carbocycles. The molecule has 1 N–H and O–H groups in total. The summed E-state index contributed by atoms with van der Waals surface area (Å²) < 4.78 is 0. The molecule has 0 aliphatic heterocycles. The highest BCUT2D eigenvalue weighted by Crippen LogP contribution is 2.15. The Labute approximate surface area is 149 Å². The average molecular weight is 339 g/mol. The van der Waals surface area contributed by atoms with E-state index in [0.717, 1.165) is 16.8 Å². The van der Waals surface area contributed by atoms with Gasteiger partial charge in [-0.2, -0.15) is 0 Å². The molecule has 5 heteroatoms. The Morgan fingerprint density at radius 2 is 1.44 bits per heavy atom. The first kappa shape index (κ1) is 18.5. The number of hydrogen-bond acceptors (Lipinski definition) is 3. The first-order chi connectivity index (χ1) is 11.9. The minimum atomic E-state index is -0.0693. The van der Waals surface area contributed by atoms with Crippen LogP contribution in [0.15, 0.2) is 48.5 Å². The van der Waals surface area contributed by atoms with E-state index in [1.165, 1.54) is 6.92 Å². The summed E-state index contributed by atoms with van der Waals surface area (Å²) in [6.07, 6.45) is 0. The van der Waals surface area contributed by atoms with Crippen molar-refractivity contribution in [3.05, 3.63) is 65.2 Å². The highest BCUT2D eigenvalue weighted by atomic mass is 16.2.